The molecule has 1 aliphatic carbocycles. The number of anilines is 3. The number of hydrogen-bond donors (Lipinski definition) is 1. The number of hydrogen-bond acceptors (Lipinski definition) is 5. The van der Waals surface area contributed by atoms with Crippen molar-refractivity contribution in [2.75, 3.05) is 41.3 Å². The summed E-state index contributed by atoms with van der Waals surface area (Å²) < 4.78 is 0. The van der Waals surface area contributed by atoms with E-state index in [0.29, 0.717) is 6.04 Å². The highest BCUT2D eigenvalue weighted by Gasteiger charge is 2.19. The lowest BCUT2D eigenvalue weighted by Crippen LogP contribution is -2.46. The van der Waals surface area contributed by atoms with Crippen molar-refractivity contribution in [1.29, 1.82) is 0 Å². The molecule has 0 unspecified atom stereocenters. The van der Waals surface area contributed by atoms with Gasteiger partial charge >= 0.3 is 0 Å². The zero-order chi connectivity index (χ0) is 16.9. The van der Waals surface area contributed by atoms with Crippen molar-refractivity contribution in [3.63, 3.8) is 0 Å². The Morgan fingerprint density at radius 3 is 2.32 bits per heavy atom. The molecule has 25 heavy (non-hydrogen) atoms. The molecule has 5 heteroatoms. The molecule has 2 fully saturated rings. The van der Waals surface area contributed by atoms with Gasteiger partial charge in [-0.3, -0.25) is 0 Å². The Morgan fingerprint density at radius 2 is 1.56 bits per heavy atom. The van der Waals surface area contributed by atoms with Crippen molar-refractivity contribution in [3.8, 4) is 0 Å². The minimum atomic E-state index is 0.541. The van der Waals surface area contributed by atoms with Gasteiger partial charge in [0.2, 0.25) is 5.95 Å². The van der Waals surface area contributed by atoms with E-state index < -0.39 is 0 Å². The van der Waals surface area contributed by atoms with Crippen LogP contribution in [0, 0.1) is 0 Å². The molecule has 2 aromatic rings. The van der Waals surface area contributed by atoms with Gasteiger partial charge in [0.1, 0.15) is 5.82 Å². The van der Waals surface area contributed by atoms with Gasteiger partial charge < -0.3 is 15.1 Å². The lowest BCUT2D eigenvalue weighted by atomic mass is 9.96. The number of benzene rings is 1. The van der Waals surface area contributed by atoms with E-state index in [1.807, 2.05) is 12.3 Å². The molecule has 132 valence electrons. The molecular weight excluding hydrogens is 310 g/mol. The summed E-state index contributed by atoms with van der Waals surface area (Å²) in [7, 11) is 0. The molecule has 2 aliphatic rings. The maximum Gasteiger partial charge on any atom is 0.224 e. The van der Waals surface area contributed by atoms with Crippen LogP contribution in [0.15, 0.2) is 42.6 Å². The van der Waals surface area contributed by atoms with Gasteiger partial charge in [0, 0.05) is 44.1 Å². The van der Waals surface area contributed by atoms with Crippen LogP contribution in [0.3, 0.4) is 0 Å². The molecule has 0 spiro atoms. The zero-order valence-corrected chi connectivity index (χ0v) is 14.8. The van der Waals surface area contributed by atoms with E-state index in [2.05, 4.69) is 50.4 Å². The van der Waals surface area contributed by atoms with Gasteiger partial charge in [-0.15, -0.1) is 0 Å². The largest absolute Gasteiger partial charge is 0.368 e. The monoisotopic (exact) mass is 337 g/mol. The van der Waals surface area contributed by atoms with Crippen molar-refractivity contribution in [2.24, 2.45) is 0 Å². The third kappa shape index (κ3) is 4.03. The van der Waals surface area contributed by atoms with Crippen LogP contribution in [0.4, 0.5) is 17.5 Å². The summed E-state index contributed by atoms with van der Waals surface area (Å²) >= 11 is 0. The SMILES string of the molecule is c1ccc(N2CCN(c3ccnc(NC4CCCCC4)n3)CC2)cc1. The van der Waals surface area contributed by atoms with Crippen LogP contribution in [0.25, 0.3) is 0 Å². The van der Waals surface area contributed by atoms with Crippen LogP contribution < -0.4 is 15.1 Å². The number of rotatable bonds is 4. The molecule has 4 rings (SSSR count). The predicted octanol–water partition coefficient (Wildman–Crippen LogP) is 3.55. The molecule has 0 bridgehead atoms. The summed E-state index contributed by atoms with van der Waals surface area (Å²) in [6, 6.07) is 13.2. The zero-order valence-electron chi connectivity index (χ0n) is 14.8. The summed E-state index contributed by atoms with van der Waals surface area (Å²) in [5, 5.41) is 3.54. The fourth-order valence-corrected chi connectivity index (χ4v) is 3.86. The minimum Gasteiger partial charge on any atom is -0.368 e. The molecule has 5 nitrogen and oxygen atoms in total. The number of para-hydroxylation sites is 1. The second kappa shape index (κ2) is 7.72. The number of piperazine rings is 1. The van der Waals surface area contributed by atoms with E-state index in [9.17, 15) is 0 Å². The first-order chi connectivity index (χ1) is 12.4. The third-order valence-electron chi connectivity index (χ3n) is 5.30. The van der Waals surface area contributed by atoms with Crippen molar-refractivity contribution in [2.45, 2.75) is 38.1 Å². The molecule has 1 saturated heterocycles. The second-order valence-electron chi connectivity index (χ2n) is 7.03. The smallest absolute Gasteiger partial charge is 0.224 e. The average molecular weight is 337 g/mol. The first kappa shape index (κ1) is 16.2. The number of aromatic nitrogens is 2. The van der Waals surface area contributed by atoms with E-state index in [-0.39, 0.29) is 0 Å². The Hall–Kier alpha value is -2.30. The Morgan fingerprint density at radius 1 is 0.840 bits per heavy atom. The highest BCUT2D eigenvalue weighted by molar-refractivity contribution is 5.50. The Kier molecular flexibility index (Phi) is 5.00. The van der Waals surface area contributed by atoms with E-state index in [0.717, 1.165) is 37.9 Å². The van der Waals surface area contributed by atoms with Gasteiger partial charge in [-0.05, 0) is 31.0 Å². The molecule has 1 aromatic carbocycles. The van der Waals surface area contributed by atoms with Crippen molar-refractivity contribution in [3.05, 3.63) is 42.6 Å². The molecule has 1 saturated carbocycles. The quantitative estimate of drug-likeness (QED) is 0.924. The average Bonchev–Trinajstić information content (AvgIpc) is 2.70. The lowest BCUT2D eigenvalue weighted by molar-refractivity contribution is 0.461. The Balaban J connectivity index is 1.37. The minimum absolute atomic E-state index is 0.541. The molecule has 1 aromatic heterocycles. The fraction of sp³-hybridized carbons (Fsp3) is 0.500. The van der Waals surface area contributed by atoms with Crippen molar-refractivity contribution in [1.82, 2.24) is 9.97 Å². The maximum absolute atomic E-state index is 4.77. The maximum atomic E-state index is 4.77. The molecule has 0 radical (unpaired) electrons. The summed E-state index contributed by atoms with van der Waals surface area (Å²) in [5.74, 6) is 1.83. The molecule has 0 atom stereocenters. The second-order valence-corrected chi connectivity index (χ2v) is 7.03. The predicted molar refractivity (Wildman–Crippen MR) is 103 cm³/mol. The molecule has 0 amide bonds. The van der Waals surface area contributed by atoms with Crippen LogP contribution in [-0.4, -0.2) is 42.2 Å². The van der Waals surface area contributed by atoms with Gasteiger partial charge in [0.15, 0.2) is 0 Å². The third-order valence-corrected chi connectivity index (χ3v) is 5.30. The van der Waals surface area contributed by atoms with Crippen LogP contribution in [0.5, 0.6) is 0 Å². The lowest BCUT2D eigenvalue weighted by Gasteiger charge is -2.36. The van der Waals surface area contributed by atoms with Gasteiger partial charge in [0.05, 0.1) is 0 Å². The van der Waals surface area contributed by atoms with Gasteiger partial charge in [-0.2, -0.15) is 4.98 Å². The van der Waals surface area contributed by atoms with Crippen molar-refractivity contribution < 1.29 is 0 Å². The van der Waals surface area contributed by atoms with Crippen LogP contribution >= 0.6 is 0 Å². The van der Waals surface area contributed by atoms with Crippen molar-refractivity contribution >= 4 is 17.5 Å². The van der Waals surface area contributed by atoms with Crippen LogP contribution in [-0.2, 0) is 0 Å². The normalized spacial score (nSPS) is 19.0. The summed E-state index contributed by atoms with van der Waals surface area (Å²) in [6.45, 7) is 4.04. The summed E-state index contributed by atoms with van der Waals surface area (Å²) in [5.41, 5.74) is 1.31. The molecule has 2 heterocycles. The van der Waals surface area contributed by atoms with E-state index in [4.69, 9.17) is 4.98 Å². The van der Waals surface area contributed by atoms with Gasteiger partial charge in [0.25, 0.3) is 0 Å². The van der Waals surface area contributed by atoms with E-state index >= 15 is 0 Å². The van der Waals surface area contributed by atoms with Gasteiger partial charge in [-0.1, -0.05) is 37.5 Å². The highest BCUT2D eigenvalue weighted by Crippen LogP contribution is 2.22. The number of nitrogens with zero attached hydrogens (tertiary/aromatic N) is 4. The Labute approximate surface area is 150 Å². The summed E-state index contributed by atoms with van der Waals surface area (Å²) in [4.78, 5) is 14.0. The van der Waals surface area contributed by atoms with Crippen LogP contribution in [0.2, 0.25) is 0 Å². The molecule has 1 aliphatic heterocycles. The topological polar surface area (TPSA) is 44.3 Å². The number of nitrogens with one attached hydrogen (secondary N) is 1. The first-order valence-corrected chi connectivity index (χ1v) is 9.53. The van der Waals surface area contributed by atoms with Crippen LogP contribution in [0.1, 0.15) is 32.1 Å². The Bertz CT molecular complexity index is 661. The molecule has 1 N–H and O–H groups in total. The standard InChI is InChI=1S/C20H27N5/c1-3-7-17(8-4-1)22-20-21-12-11-19(23-20)25-15-13-24(14-16-25)18-9-5-2-6-10-18/h2,5-6,9-12,17H,1,3-4,7-8,13-16H2,(H,21,22,23). The molecular formula is C20H27N5. The van der Waals surface area contributed by atoms with E-state index in [1.165, 1.54) is 37.8 Å². The van der Waals surface area contributed by atoms with Gasteiger partial charge in [-0.25, -0.2) is 4.98 Å². The van der Waals surface area contributed by atoms with E-state index in [1.54, 1.807) is 0 Å². The summed E-state index contributed by atoms with van der Waals surface area (Å²) in [6.07, 6.45) is 8.37. The first-order valence-electron chi connectivity index (χ1n) is 9.53. The fourth-order valence-electron chi connectivity index (χ4n) is 3.86. The highest BCUT2D eigenvalue weighted by atomic mass is 15.3.